The number of unbranched alkanes of at least 4 members (excludes halogenated alkanes) is 1. The molecule has 0 aromatic heterocycles. The van der Waals surface area contributed by atoms with Gasteiger partial charge < -0.3 is 15.2 Å². The first-order valence-corrected chi connectivity index (χ1v) is 5.03. The van der Waals surface area contributed by atoms with E-state index >= 15 is 0 Å². The molecule has 13 heavy (non-hydrogen) atoms. The van der Waals surface area contributed by atoms with E-state index in [2.05, 4.69) is 0 Å². The molecule has 0 aliphatic rings. The topological polar surface area (TPSA) is 44.5 Å². The molecule has 78 valence electrons. The number of nitrogens with two attached hydrogens (primary N) is 1. The molecule has 2 N–H and O–H groups in total. The molecule has 3 nitrogen and oxygen atoms in total. The lowest BCUT2D eigenvalue weighted by Crippen LogP contribution is -2.07. The van der Waals surface area contributed by atoms with Gasteiger partial charge in [-0.25, -0.2) is 0 Å². The van der Waals surface area contributed by atoms with E-state index in [0.29, 0.717) is 4.99 Å². The molecule has 0 bridgehead atoms. The van der Waals surface area contributed by atoms with Crippen molar-refractivity contribution in [2.75, 3.05) is 26.9 Å². The van der Waals surface area contributed by atoms with Crippen molar-refractivity contribution in [1.82, 2.24) is 0 Å². The summed E-state index contributed by atoms with van der Waals surface area (Å²) in [6.07, 6.45) is 3.85. The summed E-state index contributed by atoms with van der Waals surface area (Å²) in [7, 11) is 1.70. The van der Waals surface area contributed by atoms with Gasteiger partial charge in [-0.15, -0.1) is 0 Å². The molecule has 0 aromatic carbocycles. The van der Waals surface area contributed by atoms with Gasteiger partial charge in [-0.3, -0.25) is 0 Å². The first kappa shape index (κ1) is 12.8. The van der Waals surface area contributed by atoms with Gasteiger partial charge in [0, 0.05) is 26.9 Å². The van der Waals surface area contributed by atoms with Crippen LogP contribution in [0.1, 0.15) is 25.7 Å². The van der Waals surface area contributed by atoms with Crippen LogP contribution in [0.2, 0.25) is 0 Å². The minimum absolute atomic E-state index is 0.597. The van der Waals surface area contributed by atoms with Crippen LogP contribution in [0, 0.1) is 0 Å². The molecule has 0 fully saturated rings. The zero-order valence-corrected chi connectivity index (χ0v) is 9.07. The summed E-state index contributed by atoms with van der Waals surface area (Å²) < 4.78 is 10.2. The lowest BCUT2D eigenvalue weighted by Gasteiger charge is -2.03. The van der Waals surface area contributed by atoms with Crippen LogP contribution in [-0.2, 0) is 9.47 Å². The number of rotatable bonds is 9. The van der Waals surface area contributed by atoms with E-state index < -0.39 is 0 Å². The van der Waals surface area contributed by atoms with Crippen LogP contribution in [0.4, 0.5) is 0 Å². The lowest BCUT2D eigenvalue weighted by atomic mass is 10.2. The number of hydrogen-bond donors (Lipinski definition) is 1. The third kappa shape index (κ3) is 11.8. The van der Waals surface area contributed by atoms with Gasteiger partial charge in [0.2, 0.25) is 0 Å². The molecule has 0 aliphatic heterocycles. The highest BCUT2D eigenvalue weighted by Gasteiger charge is 1.92. The SMILES string of the molecule is COCCCOCCCCC(N)=S. The van der Waals surface area contributed by atoms with E-state index in [1.54, 1.807) is 7.11 Å². The molecule has 0 unspecified atom stereocenters. The van der Waals surface area contributed by atoms with Gasteiger partial charge in [0.05, 0.1) is 4.99 Å². The molecular formula is C9H19NO2S. The Morgan fingerprint density at radius 1 is 1.15 bits per heavy atom. The van der Waals surface area contributed by atoms with Crippen LogP contribution in [0.15, 0.2) is 0 Å². The van der Waals surface area contributed by atoms with Crippen LogP contribution in [0.5, 0.6) is 0 Å². The Morgan fingerprint density at radius 3 is 2.46 bits per heavy atom. The summed E-state index contributed by atoms with van der Waals surface area (Å²) in [5.41, 5.74) is 5.35. The van der Waals surface area contributed by atoms with Gasteiger partial charge in [0.15, 0.2) is 0 Å². The van der Waals surface area contributed by atoms with E-state index in [-0.39, 0.29) is 0 Å². The monoisotopic (exact) mass is 205 g/mol. The second-order valence-electron chi connectivity index (χ2n) is 2.88. The Kier molecular flexibility index (Phi) is 9.75. The lowest BCUT2D eigenvalue weighted by molar-refractivity contribution is 0.101. The van der Waals surface area contributed by atoms with Crippen LogP contribution >= 0.6 is 12.2 Å². The van der Waals surface area contributed by atoms with Crippen molar-refractivity contribution in [3.8, 4) is 0 Å². The second kappa shape index (κ2) is 9.89. The van der Waals surface area contributed by atoms with Crippen molar-refractivity contribution in [2.24, 2.45) is 5.73 Å². The molecule has 0 heterocycles. The molecule has 0 aromatic rings. The van der Waals surface area contributed by atoms with Gasteiger partial charge in [-0.1, -0.05) is 12.2 Å². The zero-order chi connectivity index (χ0) is 9.94. The minimum Gasteiger partial charge on any atom is -0.393 e. The van der Waals surface area contributed by atoms with Gasteiger partial charge in [0.1, 0.15) is 0 Å². The highest BCUT2D eigenvalue weighted by Crippen LogP contribution is 1.96. The first-order chi connectivity index (χ1) is 6.27. The second-order valence-corrected chi connectivity index (χ2v) is 3.41. The maximum Gasteiger partial charge on any atom is 0.0727 e. The molecule has 0 spiro atoms. The fraction of sp³-hybridized carbons (Fsp3) is 0.889. The van der Waals surface area contributed by atoms with Crippen molar-refractivity contribution in [3.05, 3.63) is 0 Å². The molecule has 0 amide bonds. The summed E-state index contributed by atoms with van der Waals surface area (Å²) in [6.45, 7) is 2.35. The predicted molar refractivity (Wildman–Crippen MR) is 57.9 cm³/mol. The Labute approximate surface area is 85.6 Å². The third-order valence-electron chi connectivity index (χ3n) is 1.60. The smallest absolute Gasteiger partial charge is 0.0727 e. The molecule has 0 radical (unpaired) electrons. The Balaban J connectivity index is 2.87. The van der Waals surface area contributed by atoms with Crippen LogP contribution in [0.3, 0.4) is 0 Å². The maximum absolute atomic E-state index is 5.35. The van der Waals surface area contributed by atoms with Gasteiger partial charge in [0.25, 0.3) is 0 Å². The minimum atomic E-state index is 0.597. The van der Waals surface area contributed by atoms with Crippen molar-refractivity contribution >= 4 is 17.2 Å². The number of thiocarbonyl (C=S) groups is 1. The van der Waals surface area contributed by atoms with Crippen LogP contribution < -0.4 is 5.73 Å². The van der Waals surface area contributed by atoms with E-state index in [1.165, 1.54) is 0 Å². The van der Waals surface area contributed by atoms with Gasteiger partial charge in [-0.05, 0) is 25.7 Å². The molecule has 0 rings (SSSR count). The van der Waals surface area contributed by atoms with Gasteiger partial charge in [-0.2, -0.15) is 0 Å². The molecule has 0 aliphatic carbocycles. The van der Waals surface area contributed by atoms with Crippen LogP contribution in [-0.4, -0.2) is 31.9 Å². The van der Waals surface area contributed by atoms with Crippen molar-refractivity contribution in [2.45, 2.75) is 25.7 Å². The van der Waals surface area contributed by atoms with Crippen molar-refractivity contribution in [1.29, 1.82) is 0 Å². The van der Waals surface area contributed by atoms with Gasteiger partial charge >= 0.3 is 0 Å². The average molecular weight is 205 g/mol. The third-order valence-corrected chi connectivity index (χ3v) is 1.80. The van der Waals surface area contributed by atoms with E-state index in [0.717, 1.165) is 45.5 Å². The Hall–Kier alpha value is -0.190. The van der Waals surface area contributed by atoms with Crippen LogP contribution in [0.25, 0.3) is 0 Å². The Bertz CT molecular complexity index is 131. The average Bonchev–Trinajstić information content (AvgIpc) is 2.09. The maximum atomic E-state index is 5.35. The predicted octanol–water partition coefficient (Wildman–Crippen LogP) is 1.50. The van der Waals surface area contributed by atoms with E-state index in [9.17, 15) is 0 Å². The summed E-state index contributed by atoms with van der Waals surface area (Å²) >= 11 is 4.75. The summed E-state index contributed by atoms with van der Waals surface area (Å²) in [6, 6.07) is 0. The van der Waals surface area contributed by atoms with Crippen molar-refractivity contribution < 1.29 is 9.47 Å². The zero-order valence-electron chi connectivity index (χ0n) is 8.25. The van der Waals surface area contributed by atoms with E-state index in [4.69, 9.17) is 27.4 Å². The highest BCUT2D eigenvalue weighted by atomic mass is 32.1. The number of methoxy groups -OCH3 is 1. The summed E-state index contributed by atoms with van der Waals surface area (Å²) in [5, 5.41) is 0. The quantitative estimate of drug-likeness (QED) is 0.457. The molecule has 0 saturated carbocycles. The summed E-state index contributed by atoms with van der Waals surface area (Å²) in [5.74, 6) is 0. The molecule has 0 saturated heterocycles. The van der Waals surface area contributed by atoms with E-state index in [1.807, 2.05) is 0 Å². The van der Waals surface area contributed by atoms with Crippen molar-refractivity contribution in [3.63, 3.8) is 0 Å². The fourth-order valence-electron chi connectivity index (χ4n) is 0.911. The standard InChI is InChI=1S/C9H19NO2S/c1-11-6-4-8-12-7-3-2-5-9(10)13/h2-8H2,1H3,(H2,10,13). The number of hydrogen-bond acceptors (Lipinski definition) is 3. The first-order valence-electron chi connectivity index (χ1n) is 4.62. The summed E-state index contributed by atoms with van der Waals surface area (Å²) in [4.78, 5) is 0.597. The fourth-order valence-corrected chi connectivity index (χ4v) is 1.06. The molecule has 0 atom stereocenters. The molecule has 4 heteroatoms. The number of ether oxygens (including phenoxy) is 2. The largest absolute Gasteiger partial charge is 0.393 e. The Morgan fingerprint density at radius 2 is 1.85 bits per heavy atom. The normalized spacial score (nSPS) is 10.2. The highest BCUT2D eigenvalue weighted by molar-refractivity contribution is 7.80. The molecular weight excluding hydrogens is 186 g/mol.